The van der Waals surface area contributed by atoms with Gasteiger partial charge in [-0.15, -0.1) is 0 Å². The molecule has 0 aromatic carbocycles. The van der Waals surface area contributed by atoms with Gasteiger partial charge in [0.15, 0.2) is 0 Å². The molecule has 1 aromatic rings. The normalized spacial score (nSPS) is 16.2. The summed E-state index contributed by atoms with van der Waals surface area (Å²) in [6.07, 6.45) is 0. The van der Waals surface area contributed by atoms with E-state index in [2.05, 4.69) is 4.98 Å². The molecule has 2 heterocycles. The zero-order valence-electron chi connectivity index (χ0n) is 9.47. The van der Waals surface area contributed by atoms with E-state index in [0.717, 1.165) is 0 Å². The quantitative estimate of drug-likeness (QED) is 0.698. The molecule has 2 rings (SSSR count). The molecule has 1 aliphatic heterocycles. The summed E-state index contributed by atoms with van der Waals surface area (Å²) in [5.74, 6) is -0.410. The predicted molar refractivity (Wildman–Crippen MR) is 60.6 cm³/mol. The van der Waals surface area contributed by atoms with Gasteiger partial charge in [-0.2, -0.15) is 0 Å². The Morgan fingerprint density at radius 1 is 1.29 bits per heavy atom. The van der Waals surface area contributed by atoms with E-state index < -0.39 is 0 Å². The van der Waals surface area contributed by atoms with Gasteiger partial charge >= 0.3 is 0 Å². The lowest BCUT2D eigenvalue weighted by molar-refractivity contribution is -0.133. The molecule has 0 radical (unpaired) electrons. The molecular formula is C11H13N3O3. The number of H-pyrrole nitrogens is 1. The van der Waals surface area contributed by atoms with Crippen molar-refractivity contribution >= 4 is 11.8 Å². The number of amides is 2. The molecule has 1 saturated heterocycles. The van der Waals surface area contributed by atoms with E-state index in [9.17, 15) is 14.4 Å². The highest BCUT2D eigenvalue weighted by Gasteiger charge is 2.25. The second-order valence-corrected chi connectivity index (χ2v) is 3.97. The predicted octanol–water partition coefficient (Wildman–Crippen LogP) is -0.711. The zero-order valence-corrected chi connectivity index (χ0v) is 9.47. The van der Waals surface area contributed by atoms with Crippen LogP contribution in [0.5, 0.6) is 0 Å². The van der Waals surface area contributed by atoms with E-state index in [4.69, 9.17) is 0 Å². The second kappa shape index (κ2) is 4.40. The Morgan fingerprint density at radius 2 is 2.06 bits per heavy atom. The molecule has 0 atom stereocenters. The molecule has 0 saturated carbocycles. The number of aromatic amines is 1. The van der Waals surface area contributed by atoms with E-state index >= 15 is 0 Å². The number of hydrogen-bond donors (Lipinski definition) is 1. The number of nitrogens with zero attached hydrogens (tertiary/aromatic N) is 2. The van der Waals surface area contributed by atoms with E-state index in [-0.39, 0.29) is 29.6 Å². The van der Waals surface area contributed by atoms with Crippen molar-refractivity contribution in [3.8, 4) is 0 Å². The van der Waals surface area contributed by atoms with Crippen LogP contribution >= 0.6 is 0 Å². The van der Waals surface area contributed by atoms with Crippen LogP contribution < -0.4 is 5.56 Å². The van der Waals surface area contributed by atoms with Gasteiger partial charge in [0.05, 0.1) is 0 Å². The van der Waals surface area contributed by atoms with Crippen molar-refractivity contribution in [2.75, 3.05) is 26.7 Å². The van der Waals surface area contributed by atoms with Crippen LogP contribution in [0.15, 0.2) is 23.0 Å². The summed E-state index contributed by atoms with van der Waals surface area (Å²) >= 11 is 0. The Morgan fingerprint density at radius 3 is 2.71 bits per heavy atom. The van der Waals surface area contributed by atoms with Crippen LogP contribution in [-0.2, 0) is 4.79 Å². The lowest BCUT2D eigenvalue weighted by Gasteiger charge is -2.31. The third kappa shape index (κ3) is 2.35. The van der Waals surface area contributed by atoms with Crippen LogP contribution in [0.4, 0.5) is 0 Å². The number of hydrogen-bond acceptors (Lipinski definition) is 3. The number of rotatable bonds is 1. The SMILES string of the molecule is CN1CCN(C(=O)c2cccc(=O)[nH]2)CC1=O. The number of pyridine rings is 1. The molecule has 0 unspecified atom stereocenters. The highest BCUT2D eigenvalue weighted by atomic mass is 16.2. The van der Waals surface area contributed by atoms with Gasteiger partial charge in [-0.3, -0.25) is 14.4 Å². The van der Waals surface area contributed by atoms with Gasteiger partial charge in [0.25, 0.3) is 5.91 Å². The largest absolute Gasteiger partial charge is 0.342 e. The van der Waals surface area contributed by atoms with E-state index in [1.165, 1.54) is 23.1 Å². The summed E-state index contributed by atoms with van der Waals surface area (Å²) in [5.41, 5.74) is -0.105. The van der Waals surface area contributed by atoms with Crippen LogP contribution in [0, 0.1) is 0 Å². The number of carbonyl (C=O) groups is 2. The molecule has 0 aliphatic carbocycles. The average molecular weight is 235 g/mol. The standard InChI is InChI=1S/C11H13N3O3/c1-13-5-6-14(7-10(13)16)11(17)8-3-2-4-9(15)12-8/h2-4H,5-7H2,1H3,(H,12,15). The first kappa shape index (κ1) is 11.4. The number of likely N-dealkylation sites (N-methyl/N-ethyl adjacent to an activating group) is 1. The summed E-state index contributed by atoms with van der Waals surface area (Å²) < 4.78 is 0. The lowest BCUT2D eigenvalue weighted by Crippen LogP contribution is -2.50. The van der Waals surface area contributed by atoms with E-state index in [1.807, 2.05) is 0 Å². The molecule has 6 nitrogen and oxygen atoms in total. The van der Waals surface area contributed by atoms with Crippen molar-refractivity contribution in [1.29, 1.82) is 0 Å². The third-order valence-corrected chi connectivity index (χ3v) is 2.74. The number of nitrogens with one attached hydrogen (secondary N) is 1. The minimum Gasteiger partial charge on any atom is -0.342 e. The van der Waals surface area contributed by atoms with Crippen molar-refractivity contribution < 1.29 is 9.59 Å². The van der Waals surface area contributed by atoms with Gasteiger partial charge in [0.2, 0.25) is 11.5 Å². The summed E-state index contributed by atoms with van der Waals surface area (Å²) in [6, 6.07) is 4.39. The number of aromatic nitrogens is 1. The molecular weight excluding hydrogens is 222 g/mol. The van der Waals surface area contributed by atoms with Gasteiger partial charge in [-0.05, 0) is 6.07 Å². The third-order valence-electron chi connectivity index (χ3n) is 2.74. The molecule has 1 fully saturated rings. The molecule has 1 N–H and O–H groups in total. The lowest BCUT2D eigenvalue weighted by atomic mass is 10.2. The molecule has 1 aromatic heterocycles. The van der Waals surface area contributed by atoms with Crippen molar-refractivity contribution in [2.45, 2.75) is 0 Å². The fraction of sp³-hybridized carbons (Fsp3) is 0.364. The number of piperazine rings is 1. The van der Waals surface area contributed by atoms with Crippen LogP contribution in [0.1, 0.15) is 10.5 Å². The van der Waals surface area contributed by atoms with Crippen molar-refractivity contribution in [3.63, 3.8) is 0 Å². The van der Waals surface area contributed by atoms with E-state index in [0.29, 0.717) is 13.1 Å². The smallest absolute Gasteiger partial charge is 0.270 e. The Labute approximate surface area is 97.8 Å². The molecule has 90 valence electrons. The maximum atomic E-state index is 12.0. The van der Waals surface area contributed by atoms with Crippen LogP contribution in [0.25, 0.3) is 0 Å². The number of carbonyl (C=O) groups excluding carboxylic acids is 2. The topological polar surface area (TPSA) is 73.5 Å². The second-order valence-electron chi connectivity index (χ2n) is 3.97. The van der Waals surface area contributed by atoms with Crippen molar-refractivity contribution in [2.24, 2.45) is 0 Å². The Bertz CT molecular complexity index is 509. The highest BCUT2D eigenvalue weighted by Crippen LogP contribution is 2.05. The summed E-state index contributed by atoms with van der Waals surface area (Å²) in [6.45, 7) is 1.06. The maximum Gasteiger partial charge on any atom is 0.270 e. The molecule has 0 bridgehead atoms. The maximum absolute atomic E-state index is 12.0. The Kier molecular flexibility index (Phi) is 2.95. The summed E-state index contributed by atoms with van der Waals surface area (Å²) in [7, 11) is 1.70. The first-order valence-corrected chi connectivity index (χ1v) is 5.30. The Hall–Kier alpha value is -2.11. The van der Waals surface area contributed by atoms with Crippen molar-refractivity contribution in [1.82, 2.24) is 14.8 Å². The van der Waals surface area contributed by atoms with Crippen molar-refractivity contribution in [3.05, 3.63) is 34.2 Å². The highest BCUT2D eigenvalue weighted by molar-refractivity contribution is 5.95. The molecule has 6 heteroatoms. The zero-order chi connectivity index (χ0) is 12.4. The van der Waals surface area contributed by atoms with Gasteiger partial charge < -0.3 is 14.8 Å². The van der Waals surface area contributed by atoms with Gasteiger partial charge in [0.1, 0.15) is 12.2 Å². The minimum absolute atomic E-state index is 0.0618. The van der Waals surface area contributed by atoms with Gasteiger partial charge in [-0.1, -0.05) is 6.07 Å². The molecule has 0 spiro atoms. The fourth-order valence-electron chi connectivity index (χ4n) is 1.67. The van der Waals surface area contributed by atoms with Crippen LogP contribution in [0.2, 0.25) is 0 Å². The Balaban J connectivity index is 2.16. The van der Waals surface area contributed by atoms with Crippen LogP contribution in [-0.4, -0.2) is 53.3 Å². The van der Waals surface area contributed by atoms with Gasteiger partial charge in [0, 0.05) is 26.2 Å². The molecule has 1 aliphatic rings. The monoisotopic (exact) mass is 235 g/mol. The first-order valence-electron chi connectivity index (χ1n) is 5.30. The average Bonchev–Trinajstić information content (AvgIpc) is 2.32. The first-order chi connectivity index (χ1) is 8.08. The molecule has 2 amide bonds. The molecule has 17 heavy (non-hydrogen) atoms. The summed E-state index contributed by atoms with van der Waals surface area (Å²) in [4.78, 5) is 40.0. The van der Waals surface area contributed by atoms with E-state index in [1.54, 1.807) is 11.9 Å². The summed E-state index contributed by atoms with van der Waals surface area (Å²) in [5, 5.41) is 0. The fourth-order valence-corrected chi connectivity index (χ4v) is 1.67. The van der Waals surface area contributed by atoms with Crippen LogP contribution in [0.3, 0.4) is 0 Å². The van der Waals surface area contributed by atoms with Gasteiger partial charge in [-0.25, -0.2) is 0 Å². The minimum atomic E-state index is -0.323.